The van der Waals surface area contributed by atoms with E-state index in [4.69, 9.17) is 4.74 Å². The zero-order valence-electron chi connectivity index (χ0n) is 14.5. The molecular formula is C20H20FNO3S. The molecule has 2 heterocycles. The summed E-state index contributed by atoms with van der Waals surface area (Å²) in [5, 5.41) is 0.627. The monoisotopic (exact) mass is 373 g/mol. The van der Waals surface area contributed by atoms with E-state index in [0.717, 1.165) is 31.4 Å². The molecule has 0 saturated heterocycles. The van der Waals surface area contributed by atoms with Gasteiger partial charge >= 0.3 is 5.97 Å². The number of nitrogens with zero attached hydrogens (tertiary/aromatic N) is 1. The molecule has 3 aliphatic rings. The Balaban J connectivity index is 1.58. The van der Waals surface area contributed by atoms with Gasteiger partial charge in [0.1, 0.15) is 5.94 Å². The van der Waals surface area contributed by atoms with E-state index < -0.39 is 6.17 Å². The molecule has 4 rings (SSSR count). The molecule has 0 aromatic carbocycles. The summed E-state index contributed by atoms with van der Waals surface area (Å²) in [6, 6.07) is 1.93. The topological polar surface area (TPSA) is 46.6 Å². The zero-order chi connectivity index (χ0) is 18.3. The molecule has 1 fully saturated rings. The molecule has 0 N–H and O–H groups in total. The first-order valence-electron chi connectivity index (χ1n) is 8.88. The Morgan fingerprint density at radius 3 is 2.96 bits per heavy atom. The molecule has 6 heteroatoms. The van der Waals surface area contributed by atoms with Crippen molar-refractivity contribution in [2.75, 3.05) is 6.54 Å². The Labute approximate surface area is 155 Å². The lowest BCUT2D eigenvalue weighted by atomic mass is 9.88. The normalized spacial score (nSPS) is 23.8. The maximum Gasteiger partial charge on any atom is 0.308 e. The maximum absolute atomic E-state index is 14.8. The van der Waals surface area contributed by atoms with Crippen LogP contribution in [0.4, 0.5) is 4.39 Å². The van der Waals surface area contributed by atoms with Crippen LogP contribution in [0.15, 0.2) is 35.4 Å². The van der Waals surface area contributed by atoms with Gasteiger partial charge in [-0.2, -0.15) is 0 Å². The standard InChI is InChI=1S/C20H20FNO3S/c1-12(24)25-18-9-15-10-22(8-7-17(15)26-18)20(13-5-6-13)16-4-2-3-14(11-23)19(16)21/h2-4,9,13,19-20H,5-8,10H2,1H3. The number of hydrogen-bond donors (Lipinski definition) is 0. The zero-order valence-corrected chi connectivity index (χ0v) is 15.4. The summed E-state index contributed by atoms with van der Waals surface area (Å²) in [7, 11) is 0. The second-order valence-electron chi connectivity index (χ2n) is 7.06. The van der Waals surface area contributed by atoms with E-state index in [1.54, 1.807) is 12.0 Å². The third-order valence-electron chi connectivity index (χ3n) is 5.17. The van der Waals surface area contributed by atoms with Crippen molar-refractivity contribution in [1.82, 2.24) is 4.90 Å². The van der Waals surface area contributed by atoms with Crippen LogP contribution in [-0.4, -0.2) is 35.6 Å². The molecule has 4 nitrogen and oxygen atoms in total. The first-order valence-corrected chi connectivity index (χ1v) is 9.69. The minimum absolute atomic E-state index is 0.00326. The summed E-state index contributed by atoms with van der Waals surface area (Å²) in [4.78, 5) is 25.7. The average molecular weight is 373 g/mol. The van der Waals surface area contributed by atoms with E-state index in [0.29, 0.717) is 23.1 Å². The molecule has 0 radical (unpaired) electrons. The lowest BCUT2D eigenvalue weighted by molar-refractivity contribution is -0.131. The highest BCUT2D eigenvalue weighted by atomic mass is 32.1. The fourth-order valence-corrected chi connectivity index (χ4v) is 4.95. The molecule has 1 saturated carbocycles. The molecule has 1 aromatic rings. The number of carbonyl (C=O) groups excluding carboxylic acids is 2. The second kappa shape index (κ2) is 6.95. The molecule has 136 valence electrons. The molecule has 1 aromatic heterocycles. The van der Waals surface area contributed by atoms with Gasteiger partial charge in [0.2, 0.25) is 0 Å². The first kappa shape index (κ1) is 17.4. The third kappa shape index (κ3) is 3.32. The van der Waals surface area contributed by atoms with E-state index in [-0.39, 0.29) is 17.6 Å². The molecule has 2 unspecified atom stereocenters. The average Bonchev–Trinajstić information content (AvgIpc) is 3.35. The summed E-state index contributed by atoms with van der Waals surface area (Å²) >= 11 is 1.52. The van der Waals surface area contributed by atoms with Gasteiger partial charge in [-0.05, 0) is 48.5 Å². The number of halogens is 1. The Kier molecular flexibility index (Phi) is 4.65. The van der Waals surface area contributed by atoms with Crippen LogP contribution in [-0.2, 0) is 22.6 Å². The number of allylic oxidation sites excluding steroid dienone is 4. The van der Waals surface area contributed by atoms with E-state index in [9.17, 15) is 14.0 Å². The minimum Gasteiger partial charge on any atom is -0.416 e. The highest BCUT2D eigenvalue weighted by molar-refractivity contribution is 7.14. The van der Waals surface area contributed by atoms with Crippen molar-refractivity contribution in [3.8, 4) is 5.06 Å². The van der Waals surface area contributed by atoms with Crippen molar-refractivity contribution in [2.45, 2.75) is 44.9 Å². The van der Waals surface area contributed by atoms with Crippen LogP contribution in [0.2, 0.25) is 0 Å². The number of alkyl halides is 1. The Bertz CT molecular complexity index is 845. The van der Waals surface area contributed by atoms with Crippen molar-refractivity contribution in [2.24, 2.45) is 5.92 Å². The lowest BCUT2D eigenvalue weighted by Crippen LogP contribution is -2.43. The number of thiophene rings is 1. The SMILES string of the molecule is CC(=O)Oc1cc2c(s1)CCN(C(C1=CC=CC(=C=O)C1F)C1CC1)C2. The van der Waals surface area contributed by atoms with Gasteiger partial charge in [-0.1, -0.05) is 12.2 Å². The fraction of sp³-hybridized carbons (Fsp3) is 0.450. The van der Waals surface area contributed by atoms with Crippen LogP contribution in [0, 0.1) is 5.92 Å². The Morgan fingerprint density at radius 1 is 1.46 bits per heavy atom. The van der Waals surface area contributed by atoms with Crippen LogP contribution in [0.1, 0.15) is 30.2 Å². The van der Waals surface area contributed by atoms with Crippen LogP contribution in [0.3, 0.4) is 0 Å². The van der Waals surface area contributed by atoms with Crippen molar-refractivity contribution in [3.63, 3.8) is 0 Å². The van der Waals surface area contributed by atoms with Crippen molar-refractivity contribution in [3.05, 3.63) is 45.9 Å². The van der Waals surface area contributed by atoms with Gasteiger partial charge in [0.25, 0.3) is 0 Å². The summed E-state index contributed by atoms with van der Waals surface area (Å²) in [6.45, 7) is 2.95. The molecule has 0 bridgehead atoms. The molecule has 0 spiro atoms. The number of hydrogen-bond acceptors (Lipinski definition) is 5. The molecule has 2 atom stereocenters. The van der Waals surface area contributed by atoms with Crippen LogP contribution in [0.5, 0.6) is 5.06 Å². The Morgan fingerprint density at radius 2 is 2.27 bits per heavy atom. The predicted octanol–water partition coefficient (Wildman–Crippen LogP) is 3.40. The van der Waals surface area contributed by atoms with Gasteiger partial charge in [-0.3, -0.25) is 9.69 Å². The van der Waals surface area contributed by atoms with Crippen molar-refractivity contribution >= 4 is 23.2 Å². The van der Waals surface area contributed by atoms with Gasteiger partial charge in [0.05, 0.1) is 5.57 Å². The van der Waals surface area contributed by atoms with E-state index in [1.807, 2.05) is 12.1 Å². The minimum atomic E-state index is -1.37. The predicted molar refractivity (Wildman–Crippen MR) is 97.6 cm³/mol. The van der Waals surface area contributed by atoms with E-state index >= 15 is 0 Å². The number of rotatable bonds is 4. The third-order valence-corrected chi connectivity index (χ3v) is 6.28. The van der Waals surface area contributed by atoms with Gasteiger partial charge in [-0.25, -0.2) is 9.18 Å². The second-order valence-corrected chi connectivity index (χ2v) is 8.16. The highest BCUT2D eigenvalue weighted by Gasteiger charge is 2.42. The van der Waals surface area contributed by atoms with Crippen LogP contribution >= 0.6 is 11.3 Å². The van der Waals surface area contributed by atoms with Crippen LogP contribution < -0.4 is 4.74 Å². The molecule has 2 aliphatic carbocycles. The number of carbonyl (C=O) groups is 1. The molecule has 0 amide bonds. The molecule has 26 heavy (non-hydrogen) atoms. The van der Waals surface area contributed by atoms with Crippen LogP contribution in [0.25, 0.3) is 0 Å². The first-order chi connectivity index (χ1) is 12.6. The highest BCUT2D eigenvalue weighted by Crippen LogP contribution is 2.44. The fourth-order valence-electron chi connectivity index (χ4n) is 3.90. The summed E-state index contributed by atoms with van der Waals surface area (Å²) in [5.41, 5.74) is 1.91. The molecule has 1 aliphatic heterocycles. The summed E-state index contributed by atoms with van der Waals surface area (Å²) in [6.07, 6.45) is 6.74. The van der Waals surface area contributed by atoms with E-state index in [1.165, 1.54) is 29.2 Å². The number of esters is 1. The van der Waals surface area contributed by atoms with Gasteiger partial charge in [-0.15, -0.1) is 11.3 Å². The quantitative estimate of drug-likeness (QED) is 0.599. The van der Waals surface area contributed by atoms with Crippen molar-refractivity contribution < 1.29 is 18.7 Å². The molecular weight excluding hydrogens is 353 g/mol. The number of fused-ring (bicyclic) bond motifs is 1. The maximum atomic E-state index is 14.8. The van der Waals surface area contributed by atoms with Gasteiger partial charge in [0, 0.05) is 30.9 Å². The van der Waals surface area contributed by atoms with Gasteiger partial charge in [0.15, 0.2) is 11.2 Å². The summed E-state index contributed by atoms with van der Waals surface area (Å²) in [5.74, 6) is 1.86. The number of ether oxygens (including phenoxy) is 1. The summed E-state index contributed by atoms with van der Waals surface area (Å²) < 4.78 is 20.1. The van der Waals surface area contributed by atoms with Gasteiger partial charge < -0.3 is 4.74 Å². The Hall–Kier alpha value is -2.01. The van der Waals surface area contributed by atoms with Crippen molar-refractivity contribution in [1.29, 1.82) is 0 Å². The largest absolute Gasteiger partial charge is 0.416 e. The smallest absolute Gasteiger partial charge is 0.308 e. The van der Waals surface area contributed by atoms with E-state index in [2.05, 4.69) is 4.90 Å². The lowest BCUT2D eigenvalue weighted by Gasteiger charge is -2.37.